The van der Waals surface area contributed by atoms with Crippen LogP contribution >= 0.6 is 0 Å². The first-order chi connectivity index (χ1) is 6.33. The van der Waals surface area contributed by atoms with Crippen LogP contribution in [0.1, 0.15) is 32.6 Å². The fraction of sp³-hybridized carbons (Fsp3) is 0.727. The van der Waals surface area contributed by atoms with Gasteiger partial charge in [-0.1, -0.05) is 13.0 Å². The maximum atomic E-state index is 11.1. The first-order valence-corrected chi connectivity index (χ1v) is 5.24. The van der Waals surface area contributed by atoms with Crippen molar-refractivity contribution in [2.45, 2.75) is 32.6 Å². The fourth-order valence-corrected chi connectivity index (χ4v) is 1.63. The lowest BCUT2D eigenvalue weighted by atomic mass is 10.2. The van der Waals surface area contributed by atoms with Crippen LogP contribution in [0.15, 0.2) is 12.2 Å². The van der Waals surface area contributed by atoms with Gasteiger partial charge in [0.25, 0.3) is 0 Å². The van der Waals surface area contributed by atoms with Crippen molar-refractivity contribution in [3.8, 4) is 0 Å². The van der Waals surface area contributed by atoms with E-state index >= 15 is 0 Å². The zero-order valence-electron chi connectivity index (χ0n) is 8.46. The Balaban J connectivity index is 2.12. The monoisotopic (exact) mass is 181 g/mol. The molecule has 1 heterocycles. The summed E-state index contributed by atoms with van der Waals surface area (Å²) in [5.74, 6) is 0.265. The number of hydrogen-bond acceptors (Lipinski definition) is 2. The average Bonchev–Trinajstić information content (AvgIpc) is 2.57. The summed E-state index contributed by atoms with van der Waals surface area (Å²) in [4.78, 5) is 13.5. The number of ketones is 1. The van der Waals surface area contributed by atoms with Crippen LogP contribution in [-0.2, 0) is 4.79 Å². The standard InChI is InChI=1S/C11H19NO/c1-2-6-11(13)7-5-10-12-8-3-4-9-12/h5,7H,2-4,6,8-10H2,1H3. The number of carbonyl (C=O) groups is 1. The molecular formula is C11H19NO. The summed E-state index contributed by atoms with van der Waals surface area (Å²) in [5.41, 5.74) is 0. The highest BCUT2D eigenvalue weighted by Gasteiger charge is 2.08. The lowest BCUT2D eigenvalue weighted by Gasteiger charge is -2.09. The summed E-state index contributed by atoms with van der Waals surface area (Å²) in [7, 11) is 0. The average molecular weight is 181 g/mol. The third-order valence-corrected chi connectivity index (χ3v) is 2.36. The molecule has 0 aromatic rings. The second-order valence-corrected chi connectivity index (χ2v) is 3.63. The van der Waals surface area contributed by atoms with Gasteiger partial charge in [-0.3, -0.25) is 9.69 Å². The molecule has 0 amide bonds. The van der Waals surface area contributed by atoms with Gasteiger partial charge >= 0.3 is 0 Å². The molecule has 74 valence electrons. The lowest BCUT2D eigenvalue weighted by molar-refractivity contribution is -0.114. The molecule has 0 bridgehead atoms. The molecule has 0 aliphatic carbocycles. The summed E-state index contributed by atoms with van der Waals surface area (Å²) in [5, 5.41) is 0. The normalized spacial score (nSPS) is 18.5. The zero-order chi connectivity index (χ0) is 9.52. The molecule has 0 aromatic heterocycles. The van der Waals surface area contributed by atoms with E-state index in [-0.39, 0.29) is 5.78 Å². The Hall–Kier alpha value is -0.630. The van der Waals surface area contributed by atoms with E-state index < -0.39 is 0 Å². The highest BCUT2D eigenvalue weighted by Crippen LogP contribution is 2.06. The molecule has 1 aliphatic heterocycles. The SMILES string of the molecule is CCCC(=O)C=CCN1CCCC1. The predicted octanol–water partition coefficient (Wildman–Crippen LogP) is 2.01. The summed E-state index contributed by atoms with van der Waals surface area (Å²) in [6, 6.07) is 0. The molecule has 0 spiro atoms. The molecule has 1 aliphatic rings. The fourth-order valence-electron chi connectivity index (χ4n) is 1.63. The van der Waals surface area contributed by atoms with Gasteiger partial charge in [0.1, 0.15) is 0 Å². The number of hydrogen-bond donors (Lipinski definition) is 0. The maximum Gasteiger partial charge on any atom is 0.155 e. The first-order valence-electron chi connectivity index (χ1n) is 5.24. The molecule has 13 heavy (non-hydrogen) atoms. The van der Waals surface area contributed by atoms with Gasteiger partial charge in [-0.2, -0.15) is 0 Å². The molecule has 1 rings (SSSR count). The van der Waals surface area contributed by atoms with Gasteiger partial charge in [0, 0.05) is 13.0 Å². The van der Waals surface area contributed by atoms with E-state index in [0.29, 0.717) is 6.42 Å². The topological polar surface area (TPSA) is 20.3 Å². The van der Waals surface area contributed by atoms with E-state index in [9.17, 15) is 4.79 Å². The van der Waals surface area contributed by atoms with Crippen molar-refractivity contribution < 1.29 is 4.79 Å². The van der Waals surface area contributed by atoms with Crippen LogP contribution in [0.4, 0.5) is 0 Å². The minimum Gasteiger partial charge on any atom is -0.300 e. The van der Waals surface area contributed by atoms with Crippen molar-refractivity contribution >= 4 is 5.78 Å². The van der Waals surface area contributed by atoms with E-state index in [4.69, 9.17) is 0 Å². The first kappa shape index (κ1) is 10.5. The van der Waals surface area contributed by atoms with Crippen LogP contribution in [0.2, 0.25) is 0 Å². The molecule has 0 saturated carbocycles. The Kier molecular flexibility index (Phi) is 4.76. The van der Waals surface area contributed by atoms with E-state index in [1.807, 2.05) is 13.0 Å². The van der Waals surface area contributed by atoms with Gasteiger partial charge in [-0.15, -0.1) is 0 Å². The van der Waals surface area contributed by atoms with Crippen molar-refractivity contribution in [1.82, 2.24) is 4.90 Å². The summed E-state index contributed by atoms with van der Waals surface area (Å²) >= 11 is 0. The smallest absolute Gasteiger partial charge is 0.155 e. The van der Waals surface area contributed by atoms with Crippen LogP contribution in [0.25, 0.3) is 0 Å². The lowest BCUT2D eigenvalue weighted by Crippen LogP contribution is -2.18. The molecule has 0 radical (unpaired) electrons. The van der Waals surface area contributed by atoms with Crippen molar-refractivity contribution in [2.24, 2.45) is 0 Å². The minimum absolute atomic E-state index is 0.265. The third-order valence-electron chi connectivity index (χ3n) is 2.36. The second kappa shape index (κ2) is 5.92. The summed E-state index contributed by atoms with van der Waals surface area (Å²) < 4.78 is 0. The Morgan fingerprint density at radius 1 is 1.38 bits per heavy atom. The van der Waals surface area contributed by atoms with Gasteiger partial charge < -0.3 is 0 Å². The Morgan fingerprint density at radius 2 is 2.08 bits per heavy atom. The van der Waals surface area contributed by atoms with Crippen LogP contribution < -0.4 is 0 Å². The third kappa shape index (κ3) is 4.23. The van der Waals surface area contributed by atoms with Crippen molar-refractivity contribution in [1.29, 1.82) is 0 Å². The quantitative estimate of drug-likeness (QED) is 0.605. The maximum absolute atomic E-state index is 11.1. The highest BCUT2D eigenvalue weighted by atomic mass is 16.1. The van der Waals surface area contributed by atoms with Gasteiger partial charge in [0.15, 0.2) is 5.78 Å². The van der Waals surface area contributed by atoms with E-state index in [0.717, 1.165) is 13.0 Å². The Morgan fingerprint density at radius 3 is 2.69 bits per heavy atom. The molecule has 1 saturated heterocycles. The molecule has 1 fully saturated rings. The van der Waals surface area contributed by atoms with Crippen LogP contribution in [0.5, 0.6) is 0 Å². The van der Waals surface area contributed by atoms with Crippen LogP contribution in [-0.4, -0.2) is 30.3 Å². The van der Waals surface area contributed by atoms with E-state index in [1.54, 1.807) is 6.08 Å². The van der Waals surface area contributed by atoms with Crippen molar-refractivity contribution in [3.05, 3.63) is 12.2 Å². The van der Waals surface area contributed by atoms with Crippen LogP contribution in [0.3, 0.4) is 0 Å². The van der Waals surface area contributed by atoms with Gasteiger partial charge in [-0.25, -0.2) is 0 Å². The number of carbonyl (C=O) groups excluding carboxylic acids is 1. The summed E-state index contributed by atoms with van der Waals surface area (Å²) in [6.07, 6.45) is 8.02. The number of allylic oxidation sites excluding steroid dienone is 1. The van der Waals surface area contributed by atoms with Gasteiger partial charge in [0.2, 0.25) is 0 Å². The number of nitrogens with zero attached hydrogens (tertiary/aromatic N) is 1. The molecular weight excluding hydrogens is 162 g/mol. The molecule has 2 heteroatoms. The number of likely N-dealkylation sites (tertiary alicyclic amines) is 1. The highest BCUT2D eigenvalue weighted by molar-refractivity contribution is 5.89. The molecule has 0 unspecified atom stereocenters. The largest absolute Gasteiger partial charge is 0.300 e. The zero-order valence-corrected chi connectivity index (χ0v) is 8.46. The molecule has 2 nitrogen and oxygen atoms in total. The predicted molar refractivity (Wildman–Crippen MR) is 54.7 cm³/mol. The van der Waals surface area contributed by atoms with Crippen molar-refractivity contribution in [2.75, 3.05) is 19.6 Å². The minimum atomic E-state index is 0.265. The van der Waals surface area contributed by atoms with E-state index in [1.165, 1.54) is 25.9 Å². The second-order valence-electron chi connectivity index (χ2n) is 3.63. The van der Waals surface area contributed by atoms with Crippen molar-refractivity contribution in [3.63, 3.8) is 0 Å². The number of rotatable bonds is 5. The van der Waals surface area contributed by atoms with E-state index in [2.05, 4.69) is 4.90 Å². The summed E-state index contributed by atoms with van der Waals surface area (Å²) in [6.45, 7) is 5.39. The Labute approximate surface area is 80.6 Å². The molecule has 0 aromatic carbocycles. The molecule has 0 N–H and O–H groups in total. The van der Waals surface area contributed by atoms with Crippen LogP contribution in [0, 0.1) is 0 Å². The van der Waals surface area contributed by atoms with Gasteiger partial charge in [0.05, 0.1) is 0 Å². The Bertz CT molecular complexity index is 181. The van der Waals surface area contributed by atoms with Gasteiger partial charge in [-0.05, 0) is 38.4 Å². The molecule has 0 atom stereocenters.